The molecule has 0 aliphatic carbocycles. The van der Waals surface area contributed by atoms with Crippen molar-refractivity contribution in [3.05, 3.63) is 0 Å². The van der Waals surface area contributed by atoms with Gasteiger partial charge in [-0.25, -0.2) is 0 Å². The van der Waals surface area contributed by atoms with Gasteiger partial charge in [0.05, 0.1) is 0 Å². The van der Waals surface area contributed by atoms with Crippen LogP contribution in [0.5, 0.6) is 0 Å². The fourth-order valence-electron chi connectivity index (χ4n) is 0. The Kier molecular flexibility index (Phi) is 603. The zero-order chi connectivity index (χ0) is 0. The van der Waals surface area contributed by atoms with E-state index < -0.39 is 0 Å². The van der Waals surface area contributed by atoms with E-state index >= 15 is 0 Å². The molecule has 0 radical (unpaired) electrons. The van der Waals surface area contributed by atoms with Crippen molar-refractivity contribution in [2.24, 2.45) is 0 Å². The summed E-state index contributed by atoms with van der Waals surface area (Å²) in [6, 6.07) is 0. The van der Waals surface area contributed by atoms with Gasteiger partial charge in [0.1, 0.15) is 0 Å². The van der Waals surface area contributed by atoms with Crippen LogP contribution in [0.1, 0.15) is 0 Å². The van der Waals surface area contributed by atoms with Crippen LogP contribution < -0.4 is 0 Å². The third-order valence-electron chi connectivity index (χ3n) is 0. The van der Waals surface area contributed by atoms with Crippen molar-refractivity contribution in [2.45, 2.75) is 0 Å². The second-order valence-electron chi connectivity index (χ2n) is 0. The zero-order valence-electron chi connectivity index (χ0n) is 1.58. The zero-order valence-corrected chi connectivity index (χ0v) is 6.52. The molecule has 7 heavy (non-hydrogen) atoms. The van der Waals surface area contributed by atoms with Crippen LogP contribution in [0.15, 0.2) is 0 Å². The van der Waals surface area contributed by atoms with Crippen molar-refractivity contribution in [1.29, 1.82) is 0 Å². The van der Waals surface area contributed by atoms with Crippen LogP contribution in [0.4, 0.5) is 0 Å². The molecule has 0 amide bonds. The van der Waals surface area contributed by atoms with Crippen molar-refractivity contribution < 1.29 is 82.5 Å². The summed E-state index contributed by atoms with van der Waals surface area (Å²) in [7, 11) is 0. The van der Waals surface area contributed by atoms with Crippen molar-refractivity contribution in [3.63, 3.8) is 0 Å². The molecule has 0 heterocycles. The van der Waals surface area contributed by atoms with Crippen LogP contribution >= 0.6 is 0 Å². The maximum absolute atomic E-state index is 0. The molecule has 0 unspecified atom stereocenters. The van der Waals surface area contributed by atoms with E-state index in [1.54, 1.807) is 0 Å². The standard InChI is InChI=1S/2GeH4.5Ni/h2*1H4;;;;;. The summed E-state index contributed by atoms with van der Waals surface area (Å²) in [6.07, 6.45) is 0. The summed E-state index contributed by atoms with van der Waals surface area (Å²) in [5, 5.41) is 0. The van der Waals surface area contributed by atoms with Crippen molar-refractivity contribution in [2.75, 3.05) is 0 Å². The molecule has 0 aliphatic rings. The monoisotopic (exact) mass is 446 g/mol. The Morgan fingerprint density at radius 3 is 0.286 bits per heavy atom. The predicted octanol–water partition coefficient (Wildman–Crippen LogP) is -2.92. The maximum atomic E-state index is 0. The number of hydrogen-bond donors (Lipinski definition) is 0. The van der Waals surface area contributed by atoms with E-state index in [2.05, 4.69) is 0 Å². The first-order chi connectivity index (χ1) is 0. The molecule has 0 saturated carbocycles. The minimum Gasteiger partial charge on any atom is 0 e. The largest absolute Gasteiger partial charge is 0 e. The summed E-state index contributed by atoms with van der Waals surface area (Å²) < 4.78 is 0. The molecule has 0 aromatic heterocycles. The third kappa shape index (κ3) is 43.2. The van der Waals surface area contributed by atoms with Crippen LogP contribution in [0.3, 0.4) is 0 Å². The molecule has 0 spiro atoms. The molecular formula is H8Ge2Ni5. The van der Waals surface area contributed by atoms with E-state index in [4.69, 9.17) is 0 Å². The van der Waals surface area contributed by atoms with E-state index in [1.165, 1.54) is 0 Å². The van der Waals surface area contributed by atoms with Gasteiger partial charge < -0.3 is 0 Å². The van der Waals surface area contributed by atoms with E-state index in [-0.39, 0.29) is 118 Å². The normalized spacial score (nSPS) is 0. The second-order valence-corrected chi connectivity index (χ2v) is 0. The molecule has 66 valence electrons. The Balaban J connectivity index is 0. The Labute approximate surface area is 116 Å². The van der Waals surface area contributed by atoms with E-state index in [1.807, 2.05) is 0 Å². The summed E-state index contributed by atoms with van der Waals surface area (Å²) >= 11 is 0. The molecule has 0 atom stereocenters. The minimum absolute atomic E-state index is 0. The molecule has 0 nitrogen and oxygen atoms in total. The van der Waals surface area contributed by atoms with Crippen LogP contribution in [-0.4, -0.2) is 35.2 Å². The predicted molar refractivity (Wildman–Crippen MR) is 22.7 cm³/mol. The van der Waals surface area contributed by atoms with Gasteiger partial charge in [0, 0.05) is 82.5 Å². The molecular weight excluding hydrogens is 439 g/mol. The first-order valence-corrected chi connectivity index (χ1v) is 0. The van der Waals surface area contributed by atoms with Gasteiger partial charge in [-0.2, -0.15) is 0 Å². The minimum atomic E-state index is 0. The van der Waals surface area contributed by atoms with Crippen LogP contribution in [0.25, 0.3) is 0 Å². The van der Waals surface area contributed by atoms with Crippen molar-refractivity contribution in [1.82, 2.24) is 0 Å². The average molecular weight is 447 g/mol. The summed E-state index contributed by atoms with van der Waals surface area (Å²) in [5.74, 6) is 0. The summed E-state index contributed by atoms with van der Waals surface area (Å²) in [5.41, 5.74) is 0. The van der Waals surface area contributed by atoms with Gasteiger partial charge >= 0.3 is 35.2 Å². The smallest absolute Gasteiger partial charge is 0 e. The van der Waals surface area contributed by atoms with Gasteiger partial charge in [-0.15, -0.1) is 0 Å². The molecule has 0 N–H and O–H groups in total. The van der Waals surface area contributed by atoms with Gasteiger partial charge in [0.15, 0.2) is 0 Å². The maximum Gasteiger partial charge on any atom is 0 e. The van der Waals surface area contributed by atoms with Gasteiger partial charge in [0.25, 0.3) is 0 Å². The van der Waals surface area contributed by atoms with Gasteiger partial charge in [-0.05, 0) is 0 Å². The molecule has 7 heteroatoms. The van der Waals surface area contributed by atoms with Crippen LogP contribution in [-0.2, 0) is 82.5 Å². The topological polar surface area (TPSA) is 0 Å². The number of hydrogen-bond acceptors (Lipinski definition) is 0. The molecule has 0 aromatic carbocycles. The summed E-state index contributed by atoms with van der Waals surface area (Å²) in [4.78, 5) is 0. The molecule has 0 saturated heterocycles. The Hall–Kier alpha value is 3.55. The van der Waals surface area contributed by atoms with E-state index in [0.717, 1.165) is 0 Å². The molecule has 0 aliphatic heterocycles. The first kappa shape index (κ1) is 76.3. The van der Waals surface area contributed by atoms with Crippen LogP contribution in [0, 0.1) is 0 Å². The van der Waals surface area contributed by atoms with Gasteiger partial charge in [-0.1, -0.05) is 0 Å². The molecule has 0 fully saturated rings. The van der Waals surface area contributed by atoms with Crippen molar-refractivity contribution >= 4 is 35.2 Å². The molecule has 0 rings (SSSR count). The Bertz CT molecular complexity index is 6.04. The summed E-state index contributed by atoms with van der Waals surface area (Å²) in [6.45, 7) is 0. The number of rotatable bonds is 0. The fraction of sp³-hybridized carbons (Fsp3) is 0. The fourth-order valence-corrected chi connectivity index (χ4v) is 0. The van der Waals surface area contributed by atoms with Gasteiger partial charge in [0.2, 0.25) is 0 Å². The first-order valence-electron chi connectivity index (χ1n) is 0. The molecule has 0 bridgehead atoms. The van der Waals surface area contributed by atoms with E-state index in [9.17, 15) is 0 Å². The molecule has 0 aromatic rings. The van der Waals surface area contributed by atoms with Gasteiger partial charge in [-0.3, -0.25) is 0 Å². The third-order valence-corrected chi connectivity index (χ3v) is 0. The Morgan fingerprint density at radius 2 is 0.286 bits per heavy atom. The SMILES string of the molecule is [GeH4].[GeH4].[Ni].[Ni].[Ni].[Ni].[Ni]. The second kappa shape index (κ2) is 55.4. The van der Waals surface area contributed by atoms with Crippen LogP contribution in [0.2, 0.25) is 0 Å². The Morgan fingerprint density at radius 1 is 0.286 bits per heavy atom. The van der Waals surface area contributed by atoms with Crippen molar-refractivity contribution in [3.8, 4) is 0 Å². The van der Waals surface area contributed by atoms with E-state index in [0.29, 0.717) is 0 Å². The quantitative estimate of drug-likeness (QED) is 0.350. The average Bonchev–Trinajstić information content (AvgIpc) is 0.